The molecule has 0 fully saturated rings. The molecule has 0 heterocycles. The maximum Gasteiger partial charge on any atom is 1.00 e. The van der Waals surface area contributed by atoms with E-state index in [9.17, 15) is 22.9 Å². The predicted octanol–water partition coefficient (Wildman–Crippen LogP) is -8.74. The number of carbonyl (C=O) groups is 1. The van der Waals surface area contributed by atoms with Gasteiger partial charge in [0.25, 0.3) is 0 Å². The zero-order valence-corrected chi connectivity index (χ0v) is 12.9. The van der Waals surface area contributed by atoms with Gasteiger partial charge in [0.2, 0.25) is 0 Å². The van der Waals surface area contributed by atoms with Crippen molar-refractivity contribution in [2.24, 2.45) is 5.73 Å². The minimum Gasteiger partial charge on any atom is -0.739 e. The van der Waals surface area contributed by atoms with Crippen LogP contribution in [0.4, 0.5) is 0 Å². The van der Waals surface area contributed by atoms with Crippen molar-refractivity contribution in [3.63, 3.8) is 0 Å². The van der Waals surface area contributed by atoms with Gasteiger partial charge in [-0.25, -0.2) is 8.42 Å². The van der Waals surface area contributed by atoms with E-state index in [0.717, 1.165) is 0 Å². The Morgan fingerprint density at radius 1 is 1.46 bits per heavy atom. The van der Waals surface area contributed by atoms with E-state index in [1.165, 1.54) is 0 Å². The van der Waals surface area contributed by atoms with E-state index >= 15 is 0 Å². The van der Waals surface area contributed by atoms with E-state index < -0.39 is 26.9 Å². The standard InChI is InChI=1S/C3H7NO5S2.2Na/c4-2(3(5)6)1-10-11(7,8)9;;/h2H,1,4H2,(H,5,6)(H,7,8,9);;/q;2*+1/p-2/t2-;;/m0../s1. The molecule has 0 spiro atoms. The zero-order chi connectivity index (χ0) is 9.07. The molecule has 0 aromatic rings. The Morgan fingerprint density at radius 3 is 2.08 bits per heavy atom. The quantitative estimate of drug-likeness (QED) is 0.296. The van der Waals surface area contributed by atoms with Gasteiger partial charge < -0.3 is 20.2 Å². The zero-order valence-electron chi connectivity index (χ0n) is 7.22. The number of nitrogens with two attached hydrogens (primary N) is 1. The summed E-state index contributed by atoms with van der Waals surface area (Å²) in [5.74, 6) is -2.07. The second-order valence-electron chi connectivity index (χ2n) is 1.62. The molecule has 0 unspecified atom stereocenters. The van der Waals surface area contributed by atoms with E-state index in [4.69, 9.17) is 5.73 Å². The van der Waals surface area contributed by atoms with Gasteiger partial charge >= 0.3 is 59.1 Å². The molecule has 0 aromatic carbocycles. The van der Waals surface area contributed by atoms with Crippen molar-refractivity contribution in [2.45, 2.75) is 6.04 Å². The molecule has 0 saturated heterocycles. The Labute approximate surface area is 124 Å². The number of aliphatic carboxylic acids is 1. The molecule has 2 N–H and O–H groups in total. The van der Waals surface area contributed by atoms with Crippen molar-refractivity contribution in [2.75, 3.05) is 5.75 Å². The van der Waals surface area contributed by atoms with Crippen LogP contribution >= 0.6 is 10.8 Å². The summed E-state index contributed by atoms with van der Waals surface area (Å²) in [5, 5.41) is 9.87. The molecule has 0 amide bonds. The fourth-order valence-corrected chi connectivity index (χ4v) is 1.61. The minimum absolute atomic E-state index is 0. The van der Waals surface area contributed by atoms with E-state index in [0.29, 0.717) is 0 Å². The molecule has 10 heteroatoms. The van der Waals surface area contributed by atoms with E-state index in [-0.39, 0.29) is 69.9 Å². The van der Waals surface area contributed by atoms with Crippen molar-refractivity contribution in [3.05, 3.63) is 0 Å². The number of carboxylic acids is 1. The van der Waals surface area contributed by atoms with Crippen molar-refractivity contribution in [3.8, 4) is 0 Å². The van der Waals surface area contributed by atoms with Crippen LogP contribution in [0.2, 0.25) is 0 Å². The Kier molecular flexibility index (Phi) is 13.9. The molecular formula is C3H5NNa2O5S2. The van der Waals surface area contributed by atoms with E-state index in [1.54, 1.807) is 0 Å². The fourth-order valence-electron chi connectivity index (χ4n) is 0.225. The average molecular weight is 245 g/mol. The average Bonchev–Trinajstić information content (AvgIpc) is 1.80. The van der Waals surface area contributed by atoms with Crippen LogP contribution in [0.1, 0.15) is 0 Å². The molecule has 0 rings (SSSR count). The Balaban J connectivity index is -0.000000500. The predicted molar refractivity (Wildman–Crippen MR) is 35.1 cm³/mol. The number of rotatable bonds is 4. The molecule has 0 aromatic heterocycles. The molecular weight excluding hydrogens is 240 g/mol. The maximum absolute atomic E-state index is 9.90. The summed E-state index contributed by atoms with van der Waals surface area (Å²) < 4.78 is 29.7. The molecule has 0 aliphatic heterocycles. The van der Waals surface area contributed by atoms with Crippen molar-refractivity contribution in [1.29, 1.82) is 0 Å². The van der Waals surface area contributed by atoms with Crippen LogP contribution in [0.15, 0.2) is 0 Å². The van der Waals surface area contributed by atoms with Crippen LogP contribution in [0.3, 0.4) is 0 Å². The van der Waals surface area contributed by atoms with E-state index in [1.807, 2.05) is 0 Å². The van der Waals surface area contributed by atoms with Crippen LogP contribution in [0.5, 0.6) is 0 Å². The van der Waals surface area contributed by atoms with Crippen LogP contribution in [0, 0.1) is 0 Å². The van der Waals surface area contributed by atoms with Crippen LogP contribution in [-0.4, -0.2) is 30.7 Å². The summed E-state index contributed by atoms with van der Waals surface area (Å²) in [4.78, 5) is 9.87. The van der Waals surface area contributed by atoms with Gasteiger partial charge in [0, 0.05) is 5.75 Å². The van der Waals surface area contributed by atoms with Crippen molar-refractivity contribution >= 4 is 25.9 Å². The van der Waals surface area contributed by atoms with Gasteiger partial charge in [-0.2, -0.15) is 0 Å². The normalized spacial score (nSPS) is 12.2. The molecule has 1 atom stereocenters. The second-order valence-corrected chi connectivity index (χ2v) is 4.94. The third kappa shape index (κ3) is 13.7. The molecule has 0 saturated carbocycles. The van der Waals surface area contributed by atoms with Gasteiger partial charge in [-0.3, -0.25) is 0 Å². The Hall–Kier alpha value is 1.69. The monoisotopic (exact) mass is 245 g/mol. The van der Waals surface area contributed by atoms with Crippen LogP contribution in [-0.2, 0) is 13.9 Å². The summed E-state index contributed by atoms with van der Waals surface area (Å²) in [6.45, 7) is 0. The first kappa shape index (κ1) is 20.1. The minimum atomic E-state index is -4.46. The molecule has 0 aliphatic rings. The number of carbonyl (C=O) groups excluding carboxylic acids is 1. The molecule has 0 radical (unpaired) electrons. The molecule has 6 nitrogen and oxygen atoms in total. The van der Waals surface area contributed by atoms with Crippen molar-refractivity contribution < 1.29 is 82.0 Å². The van der Waals surface area contributed by atoms with Gasteiger partial charge in [0.05, 0.1) is 12.0 Å². The van der Waals surface area contributed by atoms with Crippen LogP contribution in [0.25, 0.3) is 0 Å². The van der Waals surface area contributed by atoms with Crippen LogP contribution < -0.4 is 70.0 Å². The third-order valence-corrected chi connectivity index (χ3v) is 2.75. The third-order valence-electron chi connectivity index (χ3n) is 0.695. The maximum atomic E-state index is 9.90. The molecule has 66 valence electrons. The van der Waals surface area contributed by atoms with Gasteiger partial charge in [-0.1, -0.05) is 0 Å². The molecule has 0 aliphatic carbocycles. The Bertz CT molecular complexity index is 242. The molecule has 0 bridgehead atoms. The van der Waals surface area contributed by atoms with E-state index in [2.05, 4.69) is 0 Å². The summed E-state index contributed by atoms with van der Waals surface area (Å²) in [5.41, 5.74) is 4.84. The Morgan fingerprint density at radius 2 is 1.85 bits per heavy atom. The smallest absolute Gasteiger partial charge is 0.739 e. The summed E-state index contributed by atoms with van der Waals surface area (Å²) in [6, 6.07) is -1.43. The number of carboxylic acid groups (broad SMARTS) is 1. The first-order chi connectivity index (χ1) is 4.83. The first-order valence-electron chi connectivity index (χ1n) is 2.39. The first-order valence-corrected chi connectivity index (χ1v) is 5.30. The van der Waals surface area contributed by atoms with Gasteiger partial charge in [-0.15, -0.1) is 0 Å². The fraction of sp³-hybridized carbons (Fsp3) is 0.667. The number of hydrogen-bond donors (Lipinski definition) is 1. The molecule has 13 heavy (non-hydrogen) atoms. The SMILES string of the molecule is N[C@@H](CSS(=O)(=O)[O-])C(=O)[O-].[Na+].[Na+]. The summed E-state index contributed by atoms with van der Waals surface area (Å²) in [7, 11) is -4.52. The topological polar surface area (TPSA) is 123 Å². The van der Waals surface area contributed by atoms with Gasteiger partial charge in [0.1, 0.15) is 9.15 Å². The second kappa shape index (κ2) is 8.96. The van der Waals surface area contributed by atoms with Gasteiger partial charge in [0.15, 0.2) is 0 Å². The number of hydrogen-bond acceptors (Lipinski definition) is 7. The van der Waals surface area contributed by atoms with Crippen molar-refractivity contribution in [1.82, 2.24) is 0 Å². The summed E-state index contributed by atoms with van der Waals surface area (Å²) in [6.07, 6.45) is 0. The summed E-state index contributed by atoms with van der Waals surface area (Å²) >= 11 is 0. The van der Waals surface area contributed by atoms with Gasteiger partial charge in [-0.05, 0) is 10.8 Å². The largest absolute Gasteiger partial charge is 1.00 e.